The lowest BCUT2D eigenvalue weighted by atomic mass is 10.2. The maximum atomic E-state index is 12.1. The van der Waals surface area contributed by atoms with E-state index in [9.17, 15) is 4.79 Å². The molecule has 0 saturated heterocycles. The van der Waals surface area contributed by atoms with Gasteiger partial charge in [0.25, 0.3) is 5.91 Å². The minimum absolute atomic E-state index is 0.160. The summed E-state index contributed by atoms with van der Waals surface area (Å²) >= 11 is 1.50. The van der Waals surface area contributed by atoms with Crippen molar-refractivity contribution in [2.24, 2.45) is 0 Å². The van der Waals surface area contributed by atoms with Crippen LogP contribution in [-0.4, -0.2) is 35.7 Å². The third-order valence-electron chi connectivity index (χ3n) is 3.81. The fourth-order valence-electron chi connectivity index (χ4n) is 2.70. The lowest BCUT2D eigenvalue weighted by Gasteiger charge is -2.07. The second kappa shape index (κ2) is 7.59. The van der Waals surface area contributed by atoms with Crippen molar-refractivity contribution < 1.29 is 9.53 Å². The van der Waals surface area contributed by atoms with Crippen molar-refractivity contribution in [1.29, 1.82) is 0 Å². The topological polar surface area (TPSA) is 56.2 Å². The number of methoxy groups -OCH3 is 1. The molecule has 5 nitrogen and oxygen atoms in total. The fourth-order valence-corrected chi connectivity index (χ4v) is 3.53. The average Bonchev–Trinajstić information content (AvgIpc) is 3.21. The first-order chi connectivity index (χ1) is 11.7. The highest BCUT2D eigenvalue weighted by Crippen LogP contribution is 2.30. The SMILES string of the molecule is CCCn1c(-c2nc(C(=O)NCCOC)cs2)cc2ccccc21. The summed E-state index contributed by atoms with van der Waals surface area (Å²) in [4.78, 5) is 16.7. The van der Waals surface area contributed by atoms with E-state index in [0.717, 1.165) is 23.7 Å². The number of benzene rings is 1. The van der Waals surface area contributed by atoms with E-state index in [4.69, 9.17) is 4.74 Å². The quantitative estimate of drug-likeness (QED) is 0.668. The first-order valence-electron chi connectivity index (χ1n) is 8.06. The highest BCUT2D eigenvalue weighted by Gasteiger charge is 2.16. The van der Waals surface area contributed by atoms with Gasteiger partial charge in [0.15, 0.2) is 0 Å². The zero-order chi connectivity index (χ0) is 16.9. The van der Waals surface area contributed by atoms with Crippen LogP contribution in [0.1, 0.15) is 23.8 Å². The maximum absolute atomic E-state index is 12.1. The van der Waals surface area contributed by atoms with Crippen molar-refractivity contribution in [3.8, 4) is 10.7 Å². The van der Waals surface area contributed by atoms with Gasteiger partial charge in [-0.2, -0.15) is 0 Å². The van der Waals surface area contributed by atoms with Crippen LogP contribution in [0, 0.1) is 0 Å². The van der Waals surface area contributed by atoms with Crippen LogP contribution in [-0.2, 0) is 11.3 Å². The van der Waals surface area contributed by atoms with Gasteiger partial charge in [-0.25, -0.2) is 4.98 Å². The number of fused-ring (bicyclic) bond motifs is 1. The number of carbonyl (C=O) groups excluding carboxylic acids is 1. The van der Waals surface area contributed by atoms with Gasteiger partial charge in [0.05, 0.1) is 12.3 Å². The van der Waals surface area contributed by atoms with Gasteiger partial charge in [-0.1, -0.05) is 25.1 Å². The standard InChI is InChI=1S/C18H21N3O2S/c1-3-9-21-15-7-5-4-6-13(15)11-16(21)18-20-14(12-24-18)17(22)19-8-10-23-2/h4-7,11-12H,3,8-10H2,1-2H3,(H,19,22). The monoisotopic (exact) mass is 343 g/mol. The number of thiazole rings is 1. The van der Waals surface area contributed by atoms with E-state index < -0.39 is 0 Å². The Morgan fingerprint density at radius 2 is 2.21 bits per heavy atom. The molecule has 0 aliphatic rings. The summed E-state index contributed by atoms with van der Waals surface area (Å²) in [6.45, 7) is 4.07. The summed E-state index contributed by atoms with van der Waals surface area (Å²) in [5.41, 5.74) is 2.73. The largest absolute Gasteiger partial charge is 0.383 e. The molecule has 0 unspecified atom stereocenters. The van der Waals surface area contributed by atoms with E-state index in [1.165, 1.54) is 22.2 Å². The molecule has 2 aromatic heterocycles. The lowest BCUT2D eigenvalue weighted by Crippen LogP contribution is -2.27. The Bertz CT molecular complexity index is 838. The molecule has 0 aliphatic heterocycles. The zero-order valence-electron chi connectivity index (χ0n) is 13.9. The predicted molar refractivity (Wildman–Crippen MR) is 97.5 cm³/mol. The Morgan fingerprint density at radius 1 is 1.38 bits per heavy atom. The second-order valence-electron chi connectivity index (χ2n) is 5.53. The molecule has 0 atom stereocenters. The van der Waals surface area contributed by atoms with Crippen LogP contribution in [0.3, 0.4) is 0 Å². The Labute approximate surface area is 145 Å². The van der Waals surface area contributed by atoms with E-state index in [0.29, 0.717) is 18.8 Å². The van der Waals surface area contributed by atoms with Gasteiger partial charge in [-0.3, -0.25) is 4.79 Å². The molecule has 24 heavy (non-hydrogen) atoms. The summed E-state index contributed by atoms with van der Waals surface area (Å²) in [6, 6.07) is 10.5. The minimum atomic E-state index is -0.160. The van der Waals surface area contributed by atoms with Crippen LogP contribution < -0.4 is 5.32 Å². The van der Waals surface area contributed by atoms with Gasteiger partial charge in [0.1, 0.15) is 10.7 Å². The number of aromatic nitrogens is 2. The Kier molecular flexibility index (Phi) is 5.27. The van der Waals surface area contributed by atoms with E-state index in [-0.39, 0.29) is 5.91 Å². The number of nitrogens with zero attached hydrogens (tertiary/aromatic N) is 2. The number of nitrogens with one attached hydrogen (secondary N) is 1. The van der Waals surface area contributed by atoms with Crippen molar-refractivity contribution in [2.75, 3.05) is 20.3 Å². The molecule has 1 N–H and O–H groups in total. The van der Waals surface area contributed by atoms with Crippen molar-refractivity contribution in [3.05, 3.63) is 41.4 Å². The molecule has 3 aromatic rings. The summed E-state index contributed by atoms with van der Waals surface area (Å²) in [7, 11) is 1.61. The van der Waals surface area contributed by atoms with Crippen molar-refractivity contribution >= 4 is 28.1 Å². The summed E-state index contributed by atoms with van der Waals surface area (Å²) in [6.07, 6.45) is 1.04. The van der Waals surface area contributed by atoms with Crippen LogP contribution in [0.2, 0.25) is 0 Å². The minimum Gasteiger partial charge on any atom is -0.383 e. The molecule has 1 amide bonds. The summed E-state index contributed by atoms with van der Waals surface area (Å²) in [5.74, 6) is -0.160. The summed E-state index contributed by atoms with van der Waals surface area (Å²) in [5, 5.41) is 6.68. The molecule has 6 heteroatoms. The predicted octanol–water partition coefficient (Wildman–Crippen LogP) is 3.55. The molecule has 3 rings (SSSR count). The highest BCUT2D eigenvalue weighted by molar-refractivity contribution is 7.13. The number of ether oxygens (including phenoxy) is 1. The molecule has 0 fully saturated rings. The highest BCUT2D eigenvalue weighted by atomic mass is 32.1. The van der Waals surface area contributed by atoms with E-state index >= 15 is 0 Å². The summed E-state index contributed by atoms with van der Waals surface area (Å²) < 4.78 is 7.22. The van der Waals surface area contributed by atoms with E-state index in [1.54, 1.807) is 7.11 Å². The molecule has 0 aliphatic carbocycles. The molecule has 0 bridgehead atoms. The maximum Gasteiger partial charge on any atom is 0.270 e. The van der Waals surface area contributed by atoms with Gasteiger partial charge in [0.2, 0.25) is 0 Å². The second-order valence-corrected chi connectivity index (χ2v) is 6.38. The van der Waals surface area contributed by atoms with Gasteiger partial charge in [-0.15, -0.1) is 11.3 Å². The van der Waals surface area contributed by atoms with Crippen LogP contribution in [0.25, 0.3) is 21.6 Å². The molecule has 1 aromatic carbocycles. The number of carbonyl (C=O) groups is 1. The molecule has 0 spiro atoms. The van der Waals surface area contributed by atoms with Gasteiger partial charge in [-0.05, 0) is 18.6 Å². The molecular formula is C18H21N3O2S. The molecule has 0 saturated carbocycles. The number of para-hydroxylation sites is 1. The van der Waals surface area contributed by atoms with Crippen molar-refractivity contribution in [2.45, 2.75) is 19.9 Å². The van der Waals surface area contributed by atoms with Crippen LogP contribution in [0.4, 0.5) is 0 Å². The number of hydrogen-bond donors (Lipinski definition) is 1. The van der Waals surface area contributed by atoms with Crippen LogP contribution in [0.5, 0.6) is 0 Å². The third-order valence-corrected chi connectivity index (χ3v) is 4.67. The average molecular weight is 343 g/mol. The van der Waals surface area contributed by atoms with Gasteiger partial charge in [0, 0.05) is 36.5 Å². The number of hydrogen-bond acceptors (Lipinski definition) is 4. The zero-order valence-corrected chi connectivity index (χ0v) is 14.7. The Morgan fingerprint density at radius 3 is 3.00 bits per heavy atom. The molecule has 2 heterocycles. The number of amides is 1. The van der Waals surface area contributed by atoms with Gasteiger partial charge < -0.3 is 14.6 Å². The van der Waals surface area contributed by atoms with Crippen molar-refractivity contribution in [3.63, 3.8) is 0 Å². The van der Waals surface area contributed by atoms with Crippen LogP contribution >= 0.6 is 11.3 Å². The lowest BCUT2D eigenvalue weighted by molar-refractivity contribution is 0.0933. The van der Waals surface area contributed by atoms with E-state index in [2.05, 4.69) is 46.1 Å². The first kappa shape index (κ1) is 16.7. The smallest absolute Gasteiger partial charge is 0.270 e. The Hall–Kier alpha value is -2.18. The molecule has 126 valence electrons. The Balaban J connectivity index is 1.91. The van der Waals surface area contributed by atoms with Crippen molar-refractivity contribution in [1.82, 2.24) is 14.9 Å². The normalized spacial score (nSPS) is 11.1. The van der Waals surface area contributed by atoms with E-state index in [1.807, 2.05) is 11.4 Å². The molecule has 0 radical (unpaired) electrons. The first-order valence-corrected chi connectivity index (χ1v) is 8.94. The fraction of sp³-hybridized carbons (Fsp3) is 0.333. The number of aryl methyl sites for hydroxylation is 1. The van der Waals surface area contributed by atoms with Gasteiger partial charge >= 0.3 is 0 Å². The van der Waals surface area contributed by atoms with Crippen LogP contribution in [0.15, 0.2) is 35.7 Å². The number of rotatable bonds is 7. The third kappa shape index (κ3) is 3.34. The molecular weight excluding hydrogens is 322 g/mol.